The third-order valence-electron chi connectivity index (χ3n) is 12.4. The summed E-state index contributed by atoms with van der Waals surface area (Å²) < 4.78 is 8.81. The summed E-state index contributed by atoms with van der Waals surface area (Å²) in [5, 5.41) is 11.5. The van der Waals surface area contributed by atoms with Gasteiger partial charge in [0.1, 0.15) is 11.2 Å². The van der Waals surface area contributed by atoms with Crippen molar-refractivity contribution in [3.8, 4) is 51.0 Å². The normalized spacial score (nSPS) is 11.9. The second kappa shape index (κ2) is 13.6. The molecule has 0 bridgehead atoms. The minimum atomic E-state index is 0.578. The van der Waals surface area contributed by atoms with Crippen LogP contribution in [0.15, 0.2) is 211 Å². The Balaban J connectivity index is 1.20. The van der Waals surface area contributed by atoms with Gasteiger partial charge in [-0.05, 0) is 79.8 Å². The summed E-state index contributed by atoms with van der Waals surface area (Å²) in [5.74, 6) is 1.75. The van der Waals surface area contributed by atoms with E-state index in [4.69, 9.17) is 19.4 Å². The largest absolute Gasteiger partial charge is 0.456 e. The smallest absolute Gasteiger partial charge is 0.166 e. The van der Waals surface area contributed by atoms with Crippen molar-refractivity contribution in [3.05, 3.63) is 206 Å². The molecule has 0 aliphatic carbocycles. The lowest BCUT2D eigenvalue weighted by molar-refractivity contribution is 0.669. The van der Waals surface area contributed by atoms with E-state index in [-0.39, 0.29) is 0 Å². The van der Waals surface area contributed by atoms with E-state index in [9.17, 15) is 0 Å². The van der Waals surface area contributed by atoms with Gasteiger partial charge >= 0.3 is 0 Å². The average Bonchev–Trinajstić information content (AvgIpc) is 3.90. The maximum atomic E-state index is 6.39. The van der Waals surface area contributed by atoms with E-state index < -0.39 is 0 Å². The van der Waals surface area contributed by atoms with Crippen molar-refractivity contribution >= 4 is 76.1 Å². The van der Waals surface area contributed by atoms with Crippen LogP contribution in [0, 0.1) is 0 Å². The minimum Gasteiger partial charge on any atom is -0.456 e. The summed E-state index contributed by atoms with van der Waals surface area (Å²) in [7, 11) is 0. The first-order chi connectivity index (χ1) is 30.8. The number of hydrogen-bond acceptors (Lipinski definition) is 4. The number of hydrogen-bond donors (Lipinski definition) is 0. The molecular formula is C57H34N4O. The van der Waals surface area contributed by atoms with Crippen LogP contribution in [0.5, 0.6) is 0 Å². The Kier molecular flexibility index (Phi) is 7.54. The van der Waals surface area contributed by atoms with Gasteiger partial charge < -0.3 is 8.98 Å². The van der Waals surface area contributed by atoms with Gasteiger partial charge in [0.15, 0.2) is 17.5 Å². The van der Waals surface area contributed by atoms with Crippen molar-refractivity contribution in [2.24, 2.45) is 0 Å². The molecule has 5 nitrogen and oxygen atoms in total. The fourth-order valence-electron chi connectivity index (χ4n) is 9.73. The molecule has 0 saturated carbocycles. The summed E-state index contributed by atoms with van der Waals surface area (Å²) in [6.45, 7) is 0. The van der Waals surface area contributed by atoms with Crippen LogP contribution in [0.1, 0.15) is 0 Å². The maximum absolute atomic E-state index is 6.39. The predicted molar refractivity (Wildman–Crippen MR) is 256 cm³/mol. The third kappa shape index (κ3) is 5.18. The standard InChI is InChI=1S/C57H34N4O/c1-3-17-35(18-4-1)37-27-15-30-49-53(37)42-25-11-13-29-48(42)61(49)50-34-46-41-24-10-8-22-39(41)38-21-7-9-23-40(38)45(46)33-47(50)57-59-55(36-19-5-2-6-20-36)58-56(60-57)44-28-16-32-52-54(44)43-26-12-14-31-51(43)62-52/h1-34H. The van der Waals surface area contributed by atoms with E-state index in [0.717, 1.165) is 66.1 Å². The summed E-state index contributed by atoms with van der Waals surface area (Å²) in [4.78, 5) is 16.2. The van der Waals surface area contributed by atoms with E-state index in [2.05, 4.69) is 162 Å². The first-order valence-electron chi connectivity index (χ1n) is 20.9. The van der Waals surface area contributed by atoms with Crippen molar-refractivity contribution < 1.29 is 4.42 Å². The first-order valence-corrected chi connectivity index (χ1v) is 20.9. The minimum absolute atomic E-state index is 0.578. The Labute approximate surface area is 355 Å². The van der Waals surface area contributed by atoms with E-state index in [1.54, 1.807) is 0 Å². The van der Waals surface area contributed by atoms with Crippen LogP contribution in [0.3, 0.4) is 0 Å². The Bertz CT molecular complexity index is 3920. The fourth-order valence-corrected chi connectivity index (χ4v) is 9.73. The van der Waals surface area contributed by atoms with Gasteiger partial charge in [0.2, 0.25) is 0 Å². The molecule has 0 atom stereocenters. The zero-order chi connectivity index (χ0) is 40.7. The summed E-state index contributed by atoms with van der Waals surface area (Å²) in [6.07, 6.45) is 0. The quantitative estimate of drug-likeness (QED) is 0.163. The molecule has 0 amide bonds. The van der Waals surface area contributed by atoms with Crippen molar-refractivity contribution in [3.63, 3.8) is 0 Å². The van der Waals surface area contributed by atoms with Gasteiger partial charge in [-0.2, -0.15) is 0 Å². The Morgan fingerprint density at radius 1 is 0.306 bits per heavy atom. The summed E-state index contributed by atoms with van der Waals surface area (Å²) in [5.41, 5.74) is 9.85. The van der Waals surface area contributed by atoms with Gasteiger partial charge in [0, 0.05) is 38.2 Å². The second-order valence-electron chi connectivity index (χ2n) is 15.9. The number of para-hydroxylation sites is 2. The van der Waals surface area contributed by atoms with E-state index in [1.165, 1.54) is 43.4 Å². The number of rotatable bonds is 5. The number of benzene rings is 10. The lowest BCUT2D eigenvalue weighted by Gasteiger charge is -2.18. The van der Waals surface area contributed by atoms with Crippen LogP contribution in [-0.4, -0.2) is 19.5 Å². The van der Waals surface area contributed by atoms with Crippen LogP contribution >= 0.6 is 0 Å². The summed E-state index contributed by atoms with van der Waals surface area (Å²) in [6, 6.07) is 72.8. The topological polar surface area (TPSA) is 56.7 Å². The molecule has 5 heteroatoms. The Morgan fingerprint density at radius 3 is 1.53 bits per heavy atom. The molecule has 13 aromatic rings. The van der Waals surface area contributed by atoms with Crippen LogP contribution in [0.2, 0.25) is 0 Å². The zero-order valence-corrected chi connectivity index (χ0v) is 33.3. The summed E-state index contributed by atoms with van der Waals surface area (Å²) >= 11 is 0. The van der Waals surface area contributed by atoms with Crippen molar-refractivity contribution in [1.29, 1.82) is 0 Å². The molecule has 10 aromatic carbocycles. The molecule has 3 heterocycles. The van der Waals surface area contributed by atoms with Gasteiger partial charge in [-0.1, -0.05) is 170 Å². The van der Waals surface area contributed by atoms with Crippen molar-refractivity contribution in [2.75, 3.05) is 0 Å². The molecule has 288 valence electrons. The molecule has 0 unspecified atom stereocenters. The van der Waals surface area contributed by atoms with E-state index in [0.29, 0.717) is 17.5 Å². The molecule has 13 rings (SSSR count). The second-order valence-corrected chi connectivity index (χ2v) is 15.9. The monoisotopic (exact) mass is 790 g/mol. The molecule has 0 N–H and O–H groups in total. The lowest BCUT2D eigenvalue weighted by atomic mass is 9.92. The highest BCUT2D eigenvalue weighted by atomic mass is 16.3. The molecule has 0 aliphatic rings. The lowest BCUT2D eigenvalue weighted by Crippen LogP contribution is -2.04. The predicted octanol–water partition coefficient (Wildman–Crippen LogP) is 15.0. The molecule has 0 aliphatic heterocycles. The number of nitrogens with zero attached hydrogens (tertiary/aromatic N) is 4. The zero-order valence-electron chi connectivity index (χ0n) is 33.3. The first kappa shape index (κ1) is 34.5. The highest BCUT2D eigenvalue weighted by molar-refractivity contribution is 6.26. The SMILES string of the molecule is c1ccc(-c2nc(-c3cc4c5ccccc5c5ccccc5c4cc3-n3c4ccccc4c4c(-c5ccccc5)cccc43)nc(-c3cccc4oc5ccccc5c34)n2)cc1. The van der Waals surface area contributed by atoms with Crippen LogP contribution in [0.4, 0.5) is 0 Å². The van der Waals surface area contributed by atoms with E-state index >= 15 is 0 Å². The molecule has 0 spiro atoms. The molecule has 0 saturated heterocycles. The number of furan rings is 1. The molecule has 62 heavy (non-hydrogen) atoms. The Morgan fingerprint density at radius 2 is 0.806 bits per heavy atom. The van der Waals surface area contributed by atoms with Gasteiger partial charge in [-0.25, -0.2) is 15.0 Å². The van der Waals surface area contributed by atoms with Gasteiger partial charge in [0.25, 0.3) is 0 Å². The molecule has 0 fully saturated rings. The van der Waals surface area contributed by atoms with Gasteiger partial charge in [-0.15, -0.1) is 0 Å². The van der Waals surface area contributed by atoms with Crippen LogP contribution in [-0.2, 0) is 0 Å². The number of fused-ring (bicyclic) bond motifs is 12. The average molecular weight is 791 g/mol. The third-order valence-corrected chi connectivity index (χ3v) is 12.4. The van der Waals surface area contributed by atoms with E-state index in [1.807, 2.05) is 48.5 Å². The van der Waals surface area contributed by atoms with Crippen molar-refractivity contribution in [1.82, 2.24) is 19.5 Å². The fraction of sp³-hybridized carbons (Fsp3) is 0. The highest BCUT2D eigenvalue weighted by Crippen LogP contribution is 2.45. The molecular weight excluding hydrogens is 757 g/mol. The van der Waals surface area contributed by atoms with Gasteiger partial charge in [-0.3, -0.25) is 0 Å². The Hall–Kier alpha value is -8.41. The maximum Gasteiger partial charge on any atom is 0.166 e. The van der Waals surface area contributed by atoms with Crippen LogP contribution < -0.4 is 0 Å². The highest BCUT2D eigenvalue weighted by Gasteiger charge is 2.24. The molecule has 3 aromatic heterocycles. The van der Waals surface area contributed by atoms with Gasteiger partial charge in [0.05, 0.1) is 16.7 Å². The number of aromatic nitrogens is 4. The van der Waals surface area contributed by atoms with Crippen molar-refractivity contribution in [2.45, 2.75) is 0 Å². The molecule has 0 radical (unpaired) electrons. The van der Waals surface area contributed by atoms with Crippen LogP contribution in [0.25, 0.3) is 127 Å².